The number of carbonyl (C=O) groups is 3. The molecule has 1 aliphatic carbocycles. The van der Waals surface area contributed by atoms with Crippen molar-refractivity contribution in [3.63, 3.8) is 0 Å². The molecule has 0 radical (unpaired) electrons. The molecule has 0 bridgehead atoms. The predicted octanol–water partition coefficient (Wildman–Crippen LogP) is 3.52. The number of fused-ring (bicyclic) bond motifs is 1. The first-order chi connectivity index (χ1) is 19.0. The Morgan fingerprint density at radius 1 is 1.10 bits per heavy atom. The van der Waals surface area contributed by atoms with Gasteiger partial charge in [0.15, 0.2) is 0 Å². The van der Waals surface area contributed by atoms with E-state index in [9.17, 15) is 35.5 Å². The lowest BCUT2D eigenvalue weighted by atomic mass is 10.1. The maximum absolute atomic E-state index is 13.3. The molecule has 11 nitrogen and oxygen atoms in total. The maximum atomic E-state index is 13.3. The summed E-state index contributed by atoms with van der Waals surface area (Å²) in [5.74, 6) is -4.30. The number of carboxylic acid groups (broad SMARTS) is 2. The van der Waals surface area contributed by atoms with E-state index in [1.807, 2.05) is 12.1 Å². The molecule has 2 aliphatic rings. The third kappa shape index (κ3) is 10.8. The van der Waals surface area contributed by atoms with E-state index in [2.05, 4.69) is 20.2 Å². The molecule has 1 fully saturated rings. The number of nitrogens with zero attached hydrogens (tertiary/aromatic N) is 3. The maximum Gasteiger partial charge on any atom is 0.490 e. The molecule has 2 aromatic rings. The summed E-state index contributed by atoms with van der Waals surface area (Å²) in [6.07, 6.45) is -7.06. The van der Waals surface area contributed by atoms with Crippen molar-refractivity contribution in [2.45, 2.75) is 63.3 Å². The van der Waals surface area contributed by atoms with Crippen LogP contribution in [-0.2, 0) is 29.1 Å². The molecule has 0 saturated heterocycles. The van der Waals surface area contributed by atoms with Gasteiger partial charge in [-0.15, -0.1) is 0 Å². The molecule has 0 aromatic carbocycles. The van der Waals surface area contributed by atoms with E-state index in [1.165, 1.54) is 0 Å². The number of methoxy groups -OCH3 is 1. The fourth-order valence-corrected chi connectivity index (χ4v) is 3.64. The molecule has 3 N–H and O–H groups in total. The topological polar surface area (TPSA) is 155 Å². The lowest BCUT2D eigenvalue weighted by Gasteiger charge is -2.24. The van der Waals surface area contributed by atoms with Crippen LogP contribution in [0.1, 0.15) is 47.1 Å². The van der Waals surface area contributed by atoms with Gasteiger partial charge in [-0.05, 0) is 31.4 Å². The van der Waals surface area contributed by atoms with Crippen molar-refractivity contribution in [3.8, 4) is 5.75 Å². The average Bonchev–Trinajstić information content (AvgIpc) is 3.49. The van der Waals surface area contributed by atoms with E-state index >= 15 is 0 Å². The number of hydrogen-bond donors (Lipinski definition) is 3. The zero-order chi connectivity index (χ0) is 31.0. The average molecular weight is 602 g/mol. The highest BCUT2D eigenvalue weighted by atomic mass is 19.4. The highest BCUT2D eigenvalue weighted by molar-refractivity contribution is 5.90. The predicted molar refractivity (Wildman–Crippen MR) is 122 cm³/mol. The number of ether oxygens (including phenoxy) is 1. The normalized spacial score (nSPS) is 18.6. The van der Waals surface area contributed by atoms with Gasteiger partial charge in [0.2, 0.25) is 0 Å². The molecule has 2 atom stereocenters. The Bertz CT molecular complexity index is 1160. The molecule has 18 heteroatoms. The summed E-state index contributed by atoms with van der Waals surface area (Å²) < 4.78 is 87.5. The number of rotatable bonds is 5. The number of pyridine rings is 1. The minimum Gasteiger partial charge on any atom is -0.495 e. The van der Waals surface area contributed by atoms with Crippen molar-refractivity contribution in [3.05, 3.63) is 41.4 Å². The molecule has 228 valence electrons. The van der Waals surface area contributed by atoms with Crippen molar-refractivity contribution >= 4 is 17.8 Å². The number of nitrogens with one attached hydrogen (secondary N) is 1. The van der Waals surface area contributed by atoms with Crippen LogP contribution in [0.25, 0.3) is 0 Å². The van der Waals surface area contributed by atoms with Gasteiger partial charge < -0.3 is 24.7 Å². The zero-order valence-corrected chi connectivity index (χ0v) is 21.3. The van der Waals surface area contributed by atoms with Crippen LogP contribution < -0.4 is 10.1 Å². The smallest absolute Gasteiger partial charge is 0.490 e. The summed E-state index contributed by atoms with van der Waals surface area (Å²) in [4.78, 5) is 41.1. The number of hydrogen-bond acceptors (Lipinski definition) is 8. The Morgan fingerprint density at radius 2 is 1.71 bits per heavy atom. The Labute approximate surface area is 227 Å². The van der Waals surface area contributed by atoms with Gasteiger partial charge in [-0.25, -0.2) is 19.0 Å². The number of aromatic nitrogens is 2. The molecular formula is C23H25F7N4O7. The lowest BCUT2D eigenvalue weighted by Crippen LogP contribution is -2.33. The molecule has 1 amide bonds. The molecule has 0 unspecified atom stereocenters. The van der Waals surface area contributed by atoms with E-state index in [0.717, 1.165) is 29.4 Å². The molecule has 4 rings (SSSR count). The molecule has 41 heavy (non-hydrogen) atoms. The second-order valence-electron chi connectivity index (χ2n) is 8.73. The summed E-state index contributed by atoms with van der Waals surface area (Å²) in [5.41, 5.74) is 1.73. The Balaban J connectivity index is 0.000000349. The number of halogens is 7. The highest BCUT2D eigenvalue weighted by Crippen LogP contribution is 2.24. The monoisotopic (exact) mass is 602 g/mol. The first kappa shape index (κ1) is 33.2. The van der Waals surface area contributed by atoms with Crippen LogP contribution in [0, 0.1) is 0 Å². The Hall–Kier alpha value is -3.96. The van der Waals surface area contributed by atoms with Gasteiger partial charge in [0.05, 0.1) is 24.7 Å². The van der Waals surface area contributed by atoms with Crippen LogP contribution >= 0.6 is 0 Å². The van der Waals surface area contributed by atoms with Gasteiger partial charge in [0.25, 0.3) is 5.89 Å². The third-order valence-corrected chi connectivity index (χ3v) is 5.61. The second kappa shape index (κ2) is 14.1. The van der Waals surface area contributed by atoms with Crippen LogP contribution in [0.4, 0.5) is 30.7 Å². The minimum atomic E-state index is -5.08. The summed E-state index contributed by atoms with van der Waals surface area (Å²) >= 11 is 0. The van der Waals surface area contributed by atoms with Crippen molar-refractivity contribution < 1.29 is 64.5 Å². The molecule has 2 aromatic heterocycles. The third-order valence-electron chi connectivity index (χ3n) is 5.61. The lowest BCUT2D eigenvalue weighted by molar-refractivity contribution is -0.193. The number of alkyl halides is 7. The number of carbonyl (C=O) groups excluding carboxylic acids is 1. The summed E-state index contributed by atoms with van der Waals surface area (Å²) in [7, 11) is 1.61. The number of oxazole rings is 1. The summed E-state index contributed by atoms with van der Waals surface area (Å²) in [6.45, 7) is 2.11. The number of carboxylic acids is 2. The summed E-state index contributed by atoms with van der Waals surface area (Å²) in [6, 6.07) is 3.70. The quantitative estimate of drug-likeness (QED) is 0.433. The number of aliphatic carboxylic acids is 2. The molecule has 0 spiro atoms. The fraction of sp³-hybridized carbons (Fsp3) is 0.522. The largest absolute Gasteiger partial charge is 0.495 e. The van der Waals surface area contributed by atoms with Gasteiger partial charge in [-0.3, -0.25) is 14.7 Å². The van der Waals surface area contributed by atoms with E-state index in [0.29, 0.717) is 38.8 Å². The van der Waals surface area contributed by atoms with Crippen molar-refractivity contribution in [1.29, 1.82) is 0 Å². The van der Waals surface area contributed by atoms with Crippen molar-refractivity contribution in [1.82, 2.24) is 20.2 Å². The van der Waals surface area contributed by atoms with Crippen LogP contribution in [0.15, 0.2) is 22.7 Å². The van der Waals surface area contributed by atoms with Crippen LogP contribution in [-0.4, -0.2) is 81.1 Å². The SMILES string of the molecule is COc1ccc(CN2CCc3oc(C(=O)N[C@@H]4CC[C@@H](F)C4)nc3C2)nc1.O=C(O)C(F)(F)F.O=C(O)C(F)(F)F. The zero-order valence-electron chi connectivity index (χ0n) is 21.3. The molecule has 1 saturated carbocycles. The van der Waals surface area contributed by atoms with E-state index in [4.69, 9.17) is 29.0 Å². The standard InChI is InChI=1S/C19H23FN4O3.2C2HF3O2/c1-26-15-5-4-14(21-9-15)10-24-7-6-17-16(11-24)23-19(27-17)18(25)22-13-3-2-12(20)8-13;2*3-2(4,5)1(6)7/h4-5,9,12-13H,2-3,6-8,10-11H2,1H3,(H,22,25);2*(H,6,7)/t12-,13-;;/m1../s1. The van der Waals surface area contributed by atoms with E-state index < -0.39 is 30.5 Å². The van der Waals surface area contributed by atoms with Gasteiger partial charge in [-0.1, -0.05) is 0 Å². The van der Waals surface area contributed by atoms with Crippen LogP contribution in [0.3, 0.4) is 0 Å². The Morgan fingerprint density at radius 3 is 2.17 bits per heavy atom. The number of amides is 1. The van der Waals surface area contributed by atoms with Gasteiger partial charge in [0, 0.05) is 32.1 Å². The van der Waals surface area contributed by atoms with E-state index in [1.54, 1.807) is 13.3 Å². The van der Waals surface area contributed by atoms with Gasteiger partial charge in [-0.2, -0.15) is 26.3 Å². The van der Waals surface area contributed by atoms with Crippen molar-refractivity contribution in [2.24, 2.45) is 0 Å². The fourth-order valence-electron chi connectivity index (χ4n) is 3.64. The first-order valence-corrected chi connectivity index (χ1v) is 11.7. The highest BCUT2D eigenvalue weighted by Gasteiger charge is 2.39. The van der Waals surface area contributed by atoms with Crippen LogP contribution in [0.2, 0.25) is 0 Å². The first-order valence-electron chi connectivity index (χ1n) is 11.7. The molecular weight excluding hydrogens is 577 g/mol. The molecule has 3 heterocycles. The van der Waals surface area contributed by atoms with Gasteiger partial charge in [0.1, 0.15) is 17.7 Å². The van der Waals surface area contributed by atoms with Crippen LogP contribution in [0.5, 0.6) is 5.75 Å². The van der Waals surface area contributed by atoms with Crippen molar-refractivity contribution in [2.75, 3.05) is 13.7 Å². The second-order valence-corrected chi connectivity index (χ2v) is 8.73. The minimum absolute atomic E-state index is 0.0757. The van der Waals surface area contributed by atoms with Gasteiger partial charge >= 0.3 is 30.2 Å². The molecule has 1 aliphatic heterocycles. The summed E-state index contributed by atoms with van der Waals surface area (Å²) in [5, 5.41) is 17.1. The Kier molecular flexibility index (Phi) is 11.4. The van der Waals surface area contributed by atoms with E-state index in [-0.39, 0.29) is 17.8 Å².